The zero-order valence-electron chi connectivity index (χ0n) is 11.9. The van der Waals surface area contributed by atoms with Gasteiger partial charge in [0.1, 0.15) is 12.0 Å². The SMILES string of the molecule is FC(F)(F)COc1ncccc1CNc1nnc(-c2ccon2)s1. The second-order valence-corrected chi connectivity index (χ2v) is 5.50. The highest BCUT2D eigenvalue weighted by molar-refractivity contribution is 7.18. The third-order valence-corrected chi connectivity index (χ3v) is 3.64. The predicted molar refractivity (Wildman–Crippen MR) is 78.5 cm³/mol. The number of nitrogens with one attached hydrogen (secondary N) is 1. The van der Waals surface area contributed by atoms with Gasteiger partial charge in [0, 0.05) is 24.4 Å². The number of halogens is 3. The van der Waals surface area contributed by atoms with E-state index in [2.05, 4.69) is 25.7 Å². The van der Waals surface area contributed by atoms with Gasteiger partial charge in [-0.15, -0.1) is 10.2 Å². The topological polar surface area (TPSA) is 86.0 Å². The van der Waals surface area contributed by atoms with Crippen molar-refractivity contribution in [3.8, 4) is 16.6 Å². The molecule has 24 heavy (non-hydrogen) atoms. The van der Waals surface area contributed by atoms with E-state index in [1.165, 1.54) is 23.8 Å². The van der Waals surface area contributed by atoms with Crippen molar-refractivity contribution in [1.29, 1.82) is 0 Å². The number of nitrogens with zero attached hydrogens (tertiary/aromatic N) is 4. The zero-order chi connectivity index (χ0) is 17.0. The minimum Gasteiger partial charge on any atom is -0.468 e. The molecule has 0 unspecified atom stereocenters. The van der Waals surface area contributed by atoms with Gasteiger partial charge in [0.15, 0.2) is 11.6 Å². The van der Waals surface area contributed by atoms with Crippen LogP contribution in [-0.2, 0) is 6.54 Å². The molecule has 0 radical (unpaired) electrons. The first-order valence-electron chi connectivity index (χ1n) is 6.63. The zero-order valence-corrected chi connectivity index (χ0v) is 12.8. The number of pyridine rings is 1. The highest BCUT2D eigenvalue weighted by Crippen LogP contribution is 2.26. The molecule has 3 rings (SSSR count). The summed E-state index contributed by atoms with van der Waals surface area (Å²) in [5, 5.41) is 15.6. The lowest BCUT2D eigenvalue weighted by molar-refractivity contribution is -0.154. The average molecular weight is 357 g/mol. The van der Waals surface area contributed by atoms with Gasteiger partial charge in [-0.2, -0.15) is 13.2 Å². The molecule has 0 saturated carbocycles. The summed E-state index contributed by atoms with van der Waals surface area (Å²) in [5.74, 6) is -0.0800. The monoisotopic (exact) mass is 357 g/mol. The number of anilines is 1. The molecule has 0 aromatic carbocycles. The molecule has 0 bridgehead atoms. The molecule has 0 fully saturated rings. The second kappa shape index (κ2) is 6.83. The molecule has 0 spiro atoms. The normalized spacial score (nSPS) is 11.5. The molecule has 11 heteroatoms. The molecule has 7 nitrogen and oxygen atoms in total. The van der Waals surface area contributed by atoms with E-state index in [0.717, 1.165) is 0 Å². The van der Waals surface area contributed by atoms with Gasteiger partial charge < -0.3 is 14.6 Å². The van der Waals surface area contributed by atoms with Gasteiger partial charge in [-0.3, -0.25) is 0 Å². The predicted octanol–water partition coefficient (Wildman–Crippen LogP) is 3.14. The van der Waals surface area contributed by atoms with Crippen LogP contribution in [0.2, 0.25) is 0 Å². The smallest absolute Gasteiger partial charge is 0.422 e. The summed E-state index contributed by atoms with van der Waals surface area (Å²) in [6.45, 7) is -1.21. The third kappa shape index (κ3) is 4.19. The average Bonchev–Trinajstić information content (AvgIpc) is 3.22. The van der Waals surface area contributed by atoms with Crippen LogP contribution in [0, 0.1) is 0 Å². The van der Waals surface area contributed by atoms with E-state index in [-0.39, 0.29) is 12.4 Å². The van der Waals surface area contributed by atoms with Crippen LogP contribution in [0.3, 0.4) is 0 Å². The van der Waals surface area contributed by atoms with Crippen LogP contribution < -0.4 is 10.1 Å². The van der Waals surface area contributed by atoms with Crippen LogP contribution in [0.4, 0.5) is 18.3 Å². The van der Waals surface area contributed by atoms with Crippen molar-refractivity contribution in [2.24, 2.45) is 0 Å². The Bertz CT molecular complexity index is 791. The van der Waals surface area contributed by atoms with Crippen molar-refractivity contribution >= 4 is 16.5 Å². The largest absolute Gasteiger partial charge is 0.468 e. The van der Waals surface area contributed by atoms with Crippen LogP contribution in [-0.4, -0.2) is 33.1 Å². The number of ether oxygens (including phenoxy) is 1. The Labute approximate surface area is 137 Å². The molecule has 3 aromatic heterocycles. The van der Waals surface area contributed by atoms with Crippen molar-refractivity contribution in [3.05, 3.63) is 36.2 Å². The molecule has 3 aromatic rings. The fraction of sp³-hybridized carbons (Fsp3) is 0.231. The van der Waals surface area contributed by atoms with Crippen molar-refractivity contribution < 1.29 is 22.4 Å². The fourth-order valence-corrected chi connectivity index (χ4v) is 2.43. The maximum atomic E-state index is 12.3. The number of rotatable bonds is 6. The van der Waals surface area contributed by atoms with Crippen molar-refractivity contribution in [2.45, 2.75) is 12.7 Å². The Morgan fingerprint density at radius 1 is 1.25 bits per heavy atom. The molecule has 0 aliphatic rings. The second-order valence-electron chi connectivity index (χ2n) is 4.52. The van der Waals surface area contributed by atoms with Gasteiger partial charge in [-0.25, -0.2) is 4.98 Å². The lowest BCUT2D eigenvalue weighted by atomic mass is 10.3. The van der Waals surface area contributed by atoms with E-state index >= 15 is 0 Å². The number of hydrogen-bond acceptors (Lipinski definition) is 8. The number of hydrogen-bond donors (Lipinski definition) is 1. The minimum absolute atomic E-state index is 0.0800. The van der Waals surface area contributed by atoms with Crippen molar-refractivity contribution in [1.82, 2.24) is 20.3 Å². The van der Waals surface area contributed by atoms with E-state index in [9.17, 15) is 13.2 Å². The van der Waals surface area contributed by atoms with E-state index in [1.807, 2.05) is 0 Å². The summed E-state index contributed by atoms with van der Waals surface area (Å²) >= 11 is 1.24. The lowest BCUT2D eigenvalue weighted by Crippen LogP contribution is -2.20. The molecule has 1 N–H and O–H groups in total. The Kier molecular flexibility index (Phi) is 4.60. The Morgan fingerprint density at radius 2 is 2.12 bits per heavy atom. The first-order chi connectivity index (χ1) is 11.5. The van der Waals surface area contributed by atoms with Crippen LogP contribution in [0.1, 0.15) is 5.56 Å². The van der Waals surface area contributed by atoms with Crippen LogP contribution in [0.5, 0.6) is 5.88 Å². The summed E-state index contributed by atoms with van der Waals surface area (Å²) in [6, 6.07) is 4.87. The van der Waals surface area contributed by atoms with Gasteiger partial charge in [0.2, 0.25) is 11.0 Å². The van der Waals surface area contributed by atoms with E-state index in [1.54, 1.807) is 18.2 Å². The van der Waals surface area contributed by atoms with Crippen molar-refractivity contribution in [3.63, 3.8) is 0 Å². The molecule has 3 heterocycles. The first kappa shape index (κ1) is 16.2. The maximum Gasteiger partial charge on any atom is 0.422 e. The summed E-state index contributed by atoms with van der Waals surface area (Å²) in [5.41, 5.74) is 1.02. The Morgan fingerprint density at radius 3 is 2.88 bits per heavy atom. The quantitative estimate of drug-likeness (QED) is 0.725. The van der Waals surface area contributed by atoms with Gasteiger partial charge in [-0.1, -0.05) is 22.6 Å². The van der Waals surface area contributed by atoms with E-state index < -0.39 is 12.8 Å². The first-order valence-corrected chi connectivity index (χ1v) is 7.44. The molecule has 126 valence electrons. The lowest BCUT2D eigenvalue weighted by Gasteiger charge is -2.11. The molecule has 0 atom stereocenters. The summed E-state index contributed by atoms with van der Waals surface area (Å²) in [7, 11) is 0. The molecule has 0 amide bonds. The third-order valence-electron chi connectivity index (χ3n) is 2.73. The standard InChI is InChI=1S/C13H10F3N5O2S/c14-13(15,16)7-22-10-8(2-1-4-17-10)6-18-12-20-19-11(24-12)9-3-5-23-21-9/h1-5H,6-7H2,(H,18,20). The van der Waals surface area contributed by atoms with Gasteiger partial charge in [0.25, 0.3) is 0 Å². The van der Waals surface area contributed by atoms with Gasteiger partial charge >= 0.3 is 6.18 Å². The number of aromatic nitrogens is 4. The van der Waals surface area contributed by atoms with Crippen molar-refractivity contribution in [2.75, 3.05) is 11.9 Å². The van der Waals surface area contributed by atoms with Crippen LogP contribution in [0.15, 0.2) is 35.2 Å². The minimum atomic E-state index is -4.42. The van der Waals surface area contributed by atoms with Gasteiger partial charge in [0.05, 0.1) is 0 Å². The molecule has 0 aliphatic heterocycles. The highest BCUT2D eigenvalue weighted by atomic mass is 32.1. The van der Waals surface area contributed by atoms with Gasteiger partial charge in [-0.05, 0) is 6.07 Å². The fourth-order valence-electron chi connectivity index (χ4n) is 1.73. The maximum absolute atomic E-state index is 12.3. The summed E-state index contributed by atoms with van der Waals surface area (Å²) < 4.78 is 46.2. The Balaban J connectivity index is 1.64. The van der Waals surface area contributed by atoms with Crippen LogP contribution >= 0.6 is 11.3 Å². The van der Waals surface area contributed by atoms with E-state index in [0.29, 0.717) is 21.4 Å². The molecule has 0 aliphatic carbocycles. The Hall–Kier alpha value is -2.69. The molecule has 0 saturated heterocycles. The highest BCUT2D eigenvalue weighted by Gasteiger charge is 2.29. The van der Waals surface area contributed by atoms with Crippen LogP contribution in [0.25, 0.3) is 10.7 Å². The van der Waals surface area contributed by atoms with E-state index in [4.69, 9.17) is 9.26 Å². The molecular weight excluding hydrogens is 347 g/mol. The molecular formula is C13H10F3N5O2S. The summed E-state index contributed by atoms with van der Waals surface area (Å²) in [4.78, 5) is 3.82. The number of alkyl halides is 3. The summed E-state index contributed by atoms with van der Waals surface area (Å²) in [6.07, 6.45) is -1.64.